The molecule has 0 aliphatic rings. The SMILES string of the molecule is CCCCCC(O)(CCCCC)c1ccccn1. The first-order chi connectivity index (χ1) is 8.73. The van der Waals surface area contributed by atoms with Gasteiger partial charge in [-0.15, -0.1) is 0 Å². The molecule has 0 saturated heterocycles. The van der Waals surface area contributed by atoms with E-state index in [2.05, 4.69) is 18.8 Å². The minimum Gasteiger partial charge on any atom is -0.384 e. The van der Waals surface area contributed by atoms with Gasteiger partial charge in [-0.25, -0.2) is 0 Å². The van der Waals surface area contributed by atoms with Gasteiger partial charge in [0.1, 0.15) is 5.60 Å². The molecule has 0 amide bonds. The van der Waals surface area contributed by atoms with Gasteiger partial charge in [-0.05, 0) is 25.0 Å². The Bertz CT molecular complexity index is 300. The summed E-state index contributed by atoms with van der Waals surface area (Å²) in [5, 5.41) is 10.9. The van der Waals surface area contributed by atoms with E-state index in [0.717, 1.165) is 31.4 Å². The summed E-state index contributed by atoms with van der Waals surface area (Å²) in [6, 6.07) is 5.83. The molecule has 102 valence electrons. The largest absolute Gasteiger partial charge is 0.384 e. The van der Waals surface area contributed by atoms with E-state index in [1.165, 1.54) is 25.7 Å². The van der Waals surface area contributed by atoms with Gasteiger partial charge in [-0.1, -0.05) is 58.4 Å². The quantitative estimate of drug-likeness (QED) is 0.657. The highest BCUT2D eigenvalue weighted by Crippen LogP contribution is 2.31. The molecule has 0 fully saturated rings. The van der Waals surface area contributed by atoms with Crippen molar-refractivity contribution in [2.45, 2.75) is 70.8 Å². The van der Waals surface area contributed by atoms with Gasteiger partial charge in [-0.2, -0.15) is 0 Å². The lowest BCUT2D eigenvalue weighted by Gasteiger charge is -2.27. The highest BCUT2D eigenvalue weighted by Gasteiger charge is 2.29. The van der Waals surface area contributed by atoms with Crippen LogP contribution in [0.1, 0.15) is 70.9 Å². The molecule has 1 heterocycles. The molecule has 1 aromatic rings. The lowest BCUT2D eigenvalue weighted by atomic mass is 9.87. The summed E-state index contributed by atoms with van der Waals surface area (Å²) < 4.78 is 0. The van der Waals surface area contributed by atoms with Crippen LogP contribution in [0.5, 0.6) is 0 Å². The predicted octanol–water partition coefficient (Wildman–Crippen LogP) is 4.43. The average molecular weight is 249 g/mol. The Kier molecular flexibility index (Phi) is 6.96. The van der Waals surface area contributed by atoms with Gasteiger partial charge in [0.15, 0.2) is 0 Å². The molecule has 0 radical (unpaired) electrons. The molecule has 0 aliphatic carbocycles. The summed E-state index contributed by atoms with van der Waals surface area (Å²) in [4.78, 5) is 4.36. The number of rotatable bonds is 9. The Morgan fingerprint density at radius 2 is 1.61 bits per heavy atom. The van der Waals surface area contributed by atoms with Crippen LogP contribution in [0.3, 0.4) is 0 Å². The molecule has 0 atom stereocenters. The van der Waals surface area contributed by atoms with Crippen LogP contribution in [0.4, 0.5) is 0 Å². The van der Waals surface area contributed by atoms with Gasteiger partial charge in [0.25, 0.3) is 0 Å². The third kappa shape index (κ3) is 4.77. The zero-order chi connectivity index (χ0) is 13.3. The summed E-state index contributed by atoms with van der Waals surface area (Å²) in [7, 11) is 0. The fraction of sp³-hybridized carbons (Fsp3) is 0.688. The summed E-state index contributed by atoms with van der Waals surface area (Å²) in [5.41, 5.74) is 0.128. The number of aromatic nitrogens is 1. The Morgan fingerprint density at radius 3 is 2.06 bits per heavy atom. The number of unbranched alkanes of at least 4 members (excludes halogenated alkanes) is 4. The van der Waals surface area contributed by atoms with Crippen molar-refractivity contribution in [2.24, 2.45) is 0 Å². The second kappa shape index (κ2) is 8.25. The molecule has 0 unspecified atom stereocenters. The fourth-order valence-corrected chi connectivity index (χ4v) is 2.35. The first kappa shape index (κ1) is 15.2. The first-order valence-electron chi connectivity index (χ1n) is 7.37. The van der Waals surface area contributed by atoms with Crippen molar-refractivity contribution < 1.29 is 5.11 Å². The van der Waals surface area contributed by atoms with E-state index in [1.54, 1.807) is 6.20 Å². The van der Waals surface area contributed by atoms with Crippen molar-refractivity contribution in [2.75, 3.05) is 0 Å². The number of hydrogen-bond acceptors (Lipinski definition) is 2. The van der Waals surface area contributed by atoms with Crippen LogP contribution in [-0.2, 0) is 5.60 Å². The predicted molar refractivity (Wildman–Crippen MR) is 76.4 cm³/mol. The number of pyridine rings is 1. The molecule has 0 bridgehead atoms. The van der Waals surface area contributed by atoms with Crippen LogP contribution in [0, 0.1) is 0 Å². The molecule has 2 heteroatoms. The molecule has 0 aromatic carbocycles. The molecule has 0 aliphatic heterocycles. The van der Waals surface area contributed by atoms with Gasteiger partial charge in [0.05, 0.1) is 5.69 Å². The van der Waals surface area contributed by atoms with Crippen LogP contribution in [-0.4, -0.2) is 10.1 Å². The van der Waals surface area contributed by atoms with Crippen LogP contribution in [0.15, 0.2) is 24.4 Å². The average Bonchev–Trinajstić information content (AvgIpc) is 2.40. The van der Waals surface area contributed by atoms with Crippen molar-refractivity contribution in [1.82, 2.24) is 4.98 Å². The van der Waals surface area contributed by atoms with E-state index in [9.17, 15) is 5.11 Å². The molecular weight excluding hydrogens is 222 g/mol. The molecular formula is C16H27NO. The second-order valence-corrected chi connectivity index (χ2v) is 5.16. The maximum Gasteiger partial charge on any atom is 0.106 e. The topological polar surface area (TPSA) is 33.1 Å². The van der Waals surface area contributed by atoms with Crippen molar-refractivity contribution in [1.29, 1.82) is 0 Å². The van der Waals surface area contributed by atoms with Gasteiger partial charge in [0, 0.05) is 6.20 Å². The van der Waals surface area contributed by atoms with E-state index in [0.29, 0.717) is 0 Å². The smallest absolute Gasteiger partial charge is 0.106 e. The van der Waals surface area contributed by atoms with E-state index < -0.39 is 5.60 Å². The fourth-order valence-electron chi connectivity index (χ4n) is 2.35. The Balaban J connectivity index is 2.67. The normalized spacial score (nSPS) is 11.7. The van der Waals surface area contributed by atoms with E-state index in [1.807, 2.05) is 18.2 Å². The molecule has 1 N–H and O–H groups in total. The number of nitrogens with zero attached hydrogens (tertiary/aromatic N) is 1. The minimum atomic E-state index is -0.717. The Labute approximate surface area is 111 Å². The lowest BCUT2D eigenvalue weighted by molar-refractivity contribution is 0.00928. The standard InChI is InChI=1S/C16H27NO/c1-3-5-8-12-16(18,13-9-6-4-2)15-11-7-10-14-17-15/h7,10-11,14,18H,3-6,8-9,12-13H2,1-2H3. The summed E-state index contributed by atoms with van der Waals surface area (Å²) in [6.45, 7) is 4.38. The molecule has 0 spiro atoms. The minimum absolute atomic E-state index is 0.717. The highest BCUT2D eigenvalue weighted by atomic mass is 16.3. The molecule has 2 nitrogen and oxygen atoms in total. The summed E-state index contributed by atoms with van der Waals surface area (Å²) in [6.07, 6.45) is 10.3. The number of aliphatic hydroxyl groups is 1. The highest BCUT2D eigenvalue weighted by molar-refractivity contribution is 5.12. The zero-order valence-corrected chi connectivity index (χ0v) is 11.9. The van der Waals surface area contributed by atoms with Gasteiger partial charge in [0.2, 0.25) is 0 Å². The number of hydrogen-bond donors (Lipinski definition) is 1. The summed E-state index contributed by atoms with van der Waals surface area (Å²) >= 11 is 0. The molecule has 18 heavy (non-hydrogen) atoms. The maximum absolute atomic E-state index is 10.9. The van der Waals surface area contributed by atoms with Gasteiger partial charge >= 0.3 is 0 Å². The second-order valence-electron chi connectivity index (χ2n) is 5.16. The van der Waals surface area contributed by atoms with Crippen LogP contribution in [0.2, 0.25) is 0 Å². The van der Waals surface area contributed by atoms with Crippen molar-refractivity contribution in [3.63, 3.8) is 0 Å². The van der Waals surface area contributed by atoms with Gasteiger partial charge in [-0.3, -0.25) is 4.98 Å². The Hall–Kier alpha value is -0.890. The van der Waals surface area contributed by atoms with Crippen molar-refractivity contribution in [3.05, 3.63) is 30.1 Å². The van der Waals surface area contributed by atoms with Crippen molar-refractivity contribution in [3.8, 4) is 0 Å². The summed E-state index contributed by atoms with van der Waals surface area (Å²) in [5.74, 6) is 0. The maximum atomic E-state index is 10.9. The molecule has 0 saturated carbocycles. The third-order valence-electron chi connectivity index (χ3n) is 3.53. The lowest BCUT2D eigenvalue weighted by Crippen LogP contribution is -2.27. The van der Waals surface area contributed by atoms with Crippen LogP contribution < -0.4 is 0 Å². The monoisotopic (exact) mass is 249 g/mol. The first-order valence-corrected chi connectivity index (χ1v) is 7.37. The third-order valence-corrected chi connectivity index (χ3v) is 3.53. The zero-order valence-electron chi connectivity index (χ0n) is 11.9. The van der Waals surface area contributed by atoms with Crippen LogP contribution in [0.25, 0.3) is 0 Å². The van der Waals surface area contributed by atoms with Crippen molar-refractivity contribution >= 4 is 0 Å². The van der Waals surface area contributed by atoms with Crippen LogP contribution >= 0.6 is 0 Å². The van der Waals surface area contributed by atoms with E-state index in [4.69, 9.17) is 0 Å². The molecule has 1 rings (SSSR count). The molecule has 1 aromatic heterocycles. The van der Waals surface area contributed by atoms with Gasteiger partial charge < -0.3 is 5.11 Å². The Morgan fingerprint density at radius 1 is 1.00 bits per heavy atom. The van der Waals surface area contributed by atoms with E-state index in [-0.39, 0.29) is 0 Å². The van der Waals surface area contributed by atoms with E-state index >= 15 is 0 Å².